The second kappa shape index (κ2) is 2.23. The van der Waals surface area contributed by atoms with Gasteiger partial charge in [-0.2, -0.15) is 0 Å². The number of nitrogens with zero attached hydrogens (tertiary/aromatic N) is 1. The largest absolute Gasteiger partial charge is 0.442 e. The monoisotopic (exact) mass is 131 g/mol. The SMILES string of the molecule is CN1C[C@H](CO)OC1=O. The molecule has 1 aliphatic heterocycles. The van der Waals surface area contributed by atoms with Crippen LogP contribution in [-0.2, 0) is 4.74 Å². The average Bonchev–Trinajstić information content (AvgIpc) is 2.13. The maximum atomic E-state index is 10.5. The van der Waals surface area contributed by atoms with Crippen molar-refractivity contribution < 1.29 is 14.6 Å². The van der Waals surface area contributed by atoms with Crippen LogP contribution in [-0.4, -0.2) is 42.4 Å². The van der Waals surface area contributed by atoms with Gasteiger partial charge in [0.1, 0.15) is 6.10 Å². The summed E-state index contributed by atoms with van der Waals surface area (Å²) < 4.78 is 4.66. The van der Waals surface area contributed by atoms with E-state index in [-0.39, 0.29) is 18.8 Å². The summed E-state index contributed by atoms with van der Waals surface area (Å²) in [5.41, 5.74) is 0. The molecule has 4 nitrogen and oxygen atoms in total. The van der Waals surface area contributed by atoms with Gasteiger partial charge in [-0.15, -0.1) is 0 Å². The maximum Gasteiger partial charge on any atom is 0.410 e. The Morgan fingerprint density at radius 1 is 2.00 bits per heavy atom. The summed E-state index contributed by atoms with van der Waals surface area (Å²) in [5, 5.41) is 8.50. The van der Waals surface area contributed by atoms with Crippen molar-refractivity contribution in [3.05, 3.63) is 0 Å². The van der Waals surface area contributed by atoms with Crippen molar-refractivity contribution in [1.82, 2.24) is 4.90 Å². The van der Waals surface area contributed by atoms with Crippen molar-refractivity contribution in [1.29, 1.82) is 0 Å². The standard InChI is InChI=1S/C5H9NO3/c1-6-2-4(3-7)9-5(6)8/h4,7H,2-3H2,1H3/t4-/m1/s1. The molecule has 0 unspecified atom stereocenters. The zero-order chi connectivity index (χ0) is 6.85. The van der Waals surface area contributed by atoms with Gasteiger partial charge in [0.25, 0.3) is 0 Å². The summed E-state index contributed by atoms with van der Waals surface area (Å²) in [4.78, 5) is 12.0. The van der Waals surface area contributed by atoms with Gasteiger partial charge < -0.3 is 14.7 Å². The highest BCUT2D eigenvalue weighted by atomic mass is 16.6. The third-order valence-corrected chi connectivity index (χ3v) is 1.26. The Labute approximate surface area is 53.0 Å². The molecule has 0 aromatic carbocycles. The number of cyclic esters (lactones) is 1. The molecule has 1 aliphatic rings. The van der Waals surface area contributed by atoms with Gasteiger partial charge in [0.05, 0.1) is 13.2 Å². The van der Waals surface area contributed by atoms with E-state index in [1.54, 1.807) is 7.05 Å². The van der Waals surface area contributed by atoms with E-state index < -0.39 is 0 Å². The lowest BCUT2D eigenvalue weighted by atomic mass is 10.4. The minimum Gasteiger partial charge on any atom is -0.442 e. The number of hydrogen-bond donors (Lipinski definition) is 1. The Hall–Kier alpha value is -0.770. The zero-order valence-electron chi connectivity index (χ0n) is 5.20. The lowest BCUT2D eigenvalue weighted by Crippen LogP contribution is -2.20. The van der Waals surface area contributed by atoms with Crippen LogP contribution in [0.5, 0.6) is 0 Å². The molecule has 1 saturated heterocycles. The molecule has 1 rings (SSSR count). The molecule has 9 heavy (non-hydrogen) atoms. The quantitative estimate of drug-likeness (QED) is 0.518. The molecular formula is C5H9NO3. The van der Waals surface area contributed by atoms with Crippen molar-refractivity contribution in [2.45, 2.75) is 6.10 Å². The zero-order valence-corrected chi connectivity index (χ0v) is 5.20. The van der Waals surface area contributed by atoms with E-state index in [1.165, 1.54) is 4.90 Å². The van der Waals surface area contributed by atoms with E-state index in [0.29, 0.717) is 6.54 Å². The van der Waals surface area contributed by atoms with E-state index in [1.807, 2.05) is 0 Å². The lowest BCUT2D eigenvalue weighted by Gasteiger charge is -2.00. The fraction of sp³-hybridized carbons (Fsp3) is 0.800. The summed E-state index contributed by atoms with van der Waals surface area (Å²) in [6.07, 6.45) is -0.670. The first-order valence-electron chi connectivity index (χ1n) is 2.76. The van der Waals surface area contributed by atoms with Crippen LogP contribution in [0.15, 0.2) is 0 Å². The van der Waals surface area contributed by atoms with Crippen LogP contribution >= 0.6 is 0 Å². The van der Waals surface area contributed by atoms with Gasteiger partial charge in [0.2, 0.25) is 0 Å². The minimum absolute atomic E-state index is 0.0872. The molecule has 1 atom stereocenters. The van der Waals surface area contributed by atoms with Crippen LogP contribution in [0.3, 0.4) is 0 Å². The van der Waals surface area contributed by atoms with Crippen LogP contribution in [0.1, 0.15) is 0 Å². The number of carbonyl (C=O) groups is 1. The highest BCUT2D eigenvalue weighted by molar-refractivity contribution is 5.69. The van der Waals surface area contributed by atoms with Gasteiger partial charge >= 0.3 is 6.09 Å². The Kier molecular flexibility index (Phi) is 1.57. The fourth-order valence-electron chi connectivity index (χ4n) is 0.745. The normalized spacial score (nSPS) is 26.7. The first kappa shape index (κ1) is 6.35. The van der Waals surface area contributed by atoms with Crippen molar-refractivity contribution in [3.8, 4) is 0 Å². The van der Waals surface area contributed by atoms with Gasteiger partial charge in [-0.3, -0.25) is 0 Å². The van der Waals surface area contributed by atoms with Crippen LogP contribution in [0.2, 0.25) is 0 Å². The molecule has 0 bridgehead atoms. The average molecular weight is 131 g/mol. The van der Waals surface area contributed by atoms with Crippen molar-refractivity contribution >= 4 is 6.09 Å². The fourth-order valence-corrected chi connectivity index (χ4v) is 0.745. The van der Waals surface area contributed by atoms with Gasteiger partial charge in [0, 0.05) is 7.05 Å². The Balaban J connectivity index is 2.44. The molecule has 1 N–H and O–H groups in total. The number of carbonyl (C=O) groups excluding carboxylic acids is 1. The molecule has 1 heterocycles. The third-order valence-electron chi connectivity index (χ3n) is 1.26. The number of hydrogen-bond acceptors (Lipinski definition) is 3. The molecule has 4 heteroatoms. The van der Waals surface area contributed by atoms with E-state index in [9.17, 15) is 4.79 Å². The number of aliphatic hydroxyl groups excluding tert-OH is 1. The van der Waals surface area contributed by atoms with Crippen LogP contribution < -0.4 is 0 Å². The number of ether oxygens (including phenoxy) is 1. The van der Waals surface area contributed by atoms with Crippen molar-refractivity contribution in [2.75, 3.05) is 20.2 Å². The summed E-state index contributed by atoms with van der Waals surface area (Å²) >= 11 is 0. The van der Waals surface area contributed by atoms with Crippen molar-refractivity contribution in [2.24, 2.45) is 0 Å². The van der Waals surface area contributed by atoms with Gasteiger partial charge in [-0.05, 0) is 0 Å². The predicted molar refractivity (Wildman–Crippen MR) is 30.0 cm³/mol. The summed E-state index contributed by atoms with van der Waals surface area (Å²) in [6, 6.07) is 0. The summed E-state index contributed by atoms with van der Waals surface area (Å²) in [6.45, 7) is 0.408. The number of rotatable bonds is 1. The first-order valence-corrected chi connectivity index (χ1v) is 2.76. The van der Waals surface area contributed by atoms with Crippen LogP contribution in [0.25, 0.3) is 0 Å². The van der Waals surface area contributed by atoms with Gasteiger partial charge in [-0.25, -0.2) is 4.79 Å². The second-order valence-corrected chi connectivity index (χ2v) is 2.07. The topological polar surface area (TPSA) is 49.8 Å². The van der Waals surface area contributed by atoms with Crippen LogP contribution in [0, 0.1) is 0 Å². The first-order chi connectivity index (χ1) is 4.24. The summed E-state index contributed by atoms with van der Waals surface area (Å²) in [7, 11) is 1.64. The Morgan fingerprint density at radius 2 is 2.67 bits per heavy atom. The minimum atomic E-state index is -0.353. The molecule has 0 spiro atoms. The molecule has 0 aromatic heterocycles. The maximum absolute atomic E-state index is 10.5. The predicted octanol–water partition coefficient (Wildman–Crippen LogP) is -0.571. The van der Waals surface area contributed by atoms with Crippen molar-refractivity contribution in [3.63, 3.8) is 0 Å². The Morgan fingerprint density at radius 3 is 2.89 bits per heavy atom. The molecule has 0 aliphatic carbocycles. The molecule has 0 saturated carbocycles. The lowest BCUT2D eigenvalue weighted by molar-refractivity contribution is 0.0951. The summed E-state index contributed by atoms with van der Waals surface area (Å²) in [5.74, 6) is 0. The number of amides is 1. The van der Waals surface area contributed by atoms with E-state index in [4.69, 9.17) is 5.11 Å². The molecule has 1 fully saturated rings. The number of aliphatic hydroxyl groups is 1. The molecule has 0 radical (unpaired) electrons. The van der Waals surface area contributed by atoms with E-state index in [2.05, 4.69) is 4.74 Å². The van der Waals surface area contributed by atoms with Gasteiger partial charge in [0.15, 0.2) is 0 Å². The van der Waals surface area contributed by atoms with Crippen LogP contribution in [0.4, 0.5) is 4.79 Å². The smallest absolute Gasteiger partial charge is 0.410 e. The van der Waals surface area contributed by atoms with E-state index >= 15 is 0 Å². The van der Waals surface area contributed by atoms with E-state index in [0.717, 1.165) is 0 Å². The molecule has 52 valence electrons. The molecule has 0 aromatic rings. The molecule has 1 amide bonds. The highest BCUT2D eigenvalue weighted by Gasteiger charge is 2.26. The molecular weight excluding hydrogens is 122 g/mol. The third kappa shape index (κ3) is 1.13. The Bertz CT molecular complexity index is 125. The number of likely N-dealkylation sites (N-methyl/N-ethyl adjacent to an activating group) is 1. The highest BCUT2D eigenvalue weighted by Crippen LogP contribution is 2.06. The second-order valence-electron chi connectivity index (χ2n) is 2.07. The van der Waals surface area contributed by atoms with Gasteiger partial charge in [-0.1, -0.05) is 0 Å².